The number of piperidine rings is 1. The lowest BCUT2D eigenvalue weighted by Gasteiger charge is -2.26. The quantitative estimate of drug-likeness (QED) is 0.267. The van der Waals surface area contributed by atoms with E-state index in [1.165, 1.54) is 22.5 Å². The van der Waals surface area contributed by atoms with Crippen LogP contribution in [0.4, 0.5) is 5.69 Å². The van der Waals surface area contributed by atoms with E-state index < -0.39 is 15.9 Å². The Hall–Kier alpha value is -2.15. The SMILES string of the molecule is O=C(/C=N/O)Nc1cc(Br)c(Oc2ccc(O)c(S(=O)(=O)N3CCCCC3)c2)c(Br)c1. The maximum absolute atomic E-state index is 13.0. The van der Waals surface area contributed by atoms with Crippen molar-refractivity contribution in [2.75, 3.05) is 18.4 Å². The summed E-state index contributed by atoms with van der Waals surface area (Å²) in [6, 6.07) is 7.14. The Morgan fingerprint density at radius 3 is 2.39 bits per heavy atom. The van der Waals surface area contributed by atoms with Crippen molar-refractivity contribution in [1.82, 2.24) is 4.31 Å². The number of nitrogens with zero attached hydrogens (tertiary/aromatic N) is 2. The number of ether oxygens (including phenoxy) is 1. The highest BCUT2D eigenvalue weighted by Crippen LogP contribution is 2.40. The molecule has 0 unspecified atom stereocenters. The van der Waals surface area contributed by atoms with Crippen LogP contribution in [0.2, 0.25) is 0 Å². The molecule has 31 heavy (non-hydrogen) atoms. The molecule has 3 rings (SSSR count). The second-order valence-corrected chi connectivity index (χ2v) is 10.3. The Bertz CT molecular complexity index is 1090. The van der Waals surface area contributed by atoms with Gasteiger partial charge < -0.3 is 20.4 Å². The molecule has 3 N–H and O–H groups in total. The van der Waals surface area contributed by atoms with Crippen molar-refractivity contribution < 1.29 is 28.3 Å². The predicted molar refractivity (Wildman–Crippen MR) is 122 cm³/mol. The molecule has 1 aliphatic rings. The highest BCUT2D eigenvalue weighted by atomic mass is 79.9. The van der Waals surface area contributed by atoms with Gasteiger partial charge in [-0.05, 0) is 69.0 Å². The van der Waals surface area contributed by atoms with Gasteiger partial charge in [-0.25, -0.2) is 8.42 Å². The summed E-state index contributed by atoms with van der Waals surface area (Å²) in [5, 5.41) is 23.8. The molecule has 0 bridgehead atoms. The Labute approximate surface area is 196 Å². The third-order valence-corrected chi connectivity index (χ3v) is 7.63. The van der Waals surface area contributed by atoms with Gasteiger partial charge in [-0.1, -0.05) is 11.6 Å². The number of anilines is 1. The van der Waals surface area contributed by atoms with Gasteiger partial charge in [0.2, 0.25) is 10.0 Å². The van der Waals surface area contributed by atoms with E-state index in [1.54, 1.807) is 12.1 Å². The van der Waals surface area contributed by atoms with Gasteiger partial charge in [0.05, 0.1) is 8.95 Å². The van der Waals surface area contributed by atoms with Crippen molar-refractivity contribution in [2.45, 2.75) is 24.2 Å². The number of nitrogens with one attached hydrogen (secondary N) is 1. The average Bonchev–Trinajstić information content (AvgIpc) is 2.72. The molecule has 0 aliphatic carbocycles. The summed E-state index contributed by atoms with van der Waals surface area (Å²) in [4.78, 5) is 11.3. The molecule has 0 radical (unpaired) electrons. The normalized spacial score (nSPS) is 15.2. The number of hydrogen-bond acceptors (Lipinski definition) is 7. The monoisotopic (exact) mass is 575 g/mol. The Morgan fingerprint density at radius 2 is 1.77 bits per heavy atom. The lowest BCUT2D eigenvalue weighted by atomic mass is 10.2. The van der Waals surface area contributed by atoms with Crippen molar-refractivity contribution in [3.8, 4) is 17.2 Å². The van der Waals surface area contributed by atoms with Gasteiger partial charge in [0, 0.05) is 24.8 Å². The summed E-state index contributed by atoms with van der Waals surface area (Å²) in [5.41, 5.74) is 0.398. The number of halogens is 2. The summed E-state index contributed by atoms with van der Waals surface area (Å²) in [5.74, 6) is -0.430. The molecule has 0 atom stereocenters. The van der Waals surface area contributed by atoms with E-state index in [2.05, 4.69) is 42.3 Å². The maximum Gasteiger partial charge on any atom is 0.270 e. The van der Waals surface area contributed by atoms with Gasteiger partial charge >= 0.3 is 0 Å². The van der Waals surface area contributed by atoms with E-state index in [-0.39, 0.29) is 16.4 Å². The summed E-state index contributed by atoms with van der Waals surface area (Å²) in [7, 11) is -3.85. The van der Waals surface area contributed by atoms with Gasteiger partial charge in [-0.15, -0.1) is 0 Å². The second kappa shape index (κ2) is 9.98. The molecule has 2 aromatic rings. The standard InChI is InChI=1S/C19H19Br2N3O6S/c20-14-8-12(23-18(26)11-22-27)9-15(21)19(14)30-13-4-5-16(25)17(10-13)31(28,29)24-6-2-1-3-7-24/h4-5,8-11,25,27H,1-3,6-7H2,(H,23,26)/b22-11+. The number of benzene rings is 2. The Balaban J connectivity index is 1.88. The number of amides is 1. The van der Waals surface area contributed by atoms with E-state index >= 15 is 0 Å². The summed E-state index contributed by atoms with van der Waals surface area (Å²) < 4.78 is 34.1. The third-order valence-electron chi connectivity index (χ3n) is 4.52. The molecule has 1 fully saturated rings. The highest BCUT2D eigenvalue weighted by molar-refractivity contribution is 9.11. The largest absolute Gasteiger partial charge is 0.507 e. The molecule has 1 aliphatic heterocycles. The molecule has 0 spiro atoms. The van der Waals surface area contributed by atoms with Crippen molar-refractivity contribution in [1.29, 1.82) is 0 Å². The average molecular weight is 577 g/mol. The summed E-state index contributed by atoms with van der Waals surface area (Å²) >= 11 is 6.71. The number of hydrogen-bond donors (Lipinski definition) is 3. The summed E-state index contributed by atoms with van der Waals surface area (Å²) in [6.07, 6.45) is 3.26. The maximum atomic E-state index is 13.0. The van der Waals surface area contributed by atoms with Crippen LogP contribution in [0.15, 0.2) is 49.3 Å². The molecular weight excluding hydrogens is 558 g/mol. The number of oxime groups is 1. The zero-order valence-electron chi connectivity index (χ0n) is 16.1. The van der Waals surface area contributed by atoms with Gasteiger partial charge in [-0.3, -0.25) is 4.79 Å². The van der Waals surface area contributed by atoms with Gasteiger partial charge in [0.25, 0.3) is 5.91 Å². The minimum atomic E-state index is -3.85. The van der Waals surface area contributed by atoms with Crippen LogP contribution < -0.4 is 10.1 Å². The number of phenols is 1. The van der Waals surface area contributed by atoms with Crippen molar-refractivity contribution in [3.05, 3.63) is 39.3 Å². The first kappa shape index (κ1) is 23.5. The fourth-order valence-corrected chi connectivity index (χ4v) is 6.05. The fraction of sp³-hybridized carbons (Fsp3) is 0.263. The van der Waals surface area contributed by atoms with Crippen molar-refractivity contribution in [3.63, 3.8) is 0 Å². The first-order valence-corrected chi connectivity index (χ1v) is 12.2. The van der Waals surface area contributed by atoms with Crippen LogP contribution >= 0.6 is 31.9 Å². The molecule has 1 amide bonds. The minimum Gasteiger partial charge on any atom is -0.507 e. The number of carbonyl (C=O) groups is 1. The van der Waals surface area contributed by atoms with Crippen molar-refractivity contribution in [2.24, 2.45) is 5.16 Å². The molecule has 12 heteroatoms. The fourth-order valence-electron chi connectivity index (χ4n) is 3.08. The molecule has 166 valence electrons. The lowest BCUT2D eigenvalue weighted by Crippen LogP contribution is -2.35. The van der Waals surface area contributed by atoms with Crippen LogP contribution in [-0.2, 0) is 14.8 Å². The smallest absolute Gasteiger partial charge is 0.270 e. The van der Waals surface area contributed by atoms with E-state index in [9.17, 15) is 18.3 Å². The van der Waals surface area contributed by atoms with Crippen LogP contribution in [0.5, 0.6) is 17.2 Å². The molecule has 0 saturated carbocycles. The number of sulfonamides is 1. The van der Waals surface area contributed by atoms with E-state index in [4.69, 9.17) is 9.94 Å². The molecule has 0 aromatic heterocycles. The van der Waals surface area contributed by atoms with Crippen LogP contribution in [0, 0.1) is 0 Å². The number of aromatic hydroxyl groups is 1. The summed E-state index contributed by atoms with van der Waals surface area (Å²) in [6.45, 7) is 0.830. The van der Waals surface area contributed by atoms with Gasteiger partial charge in [-0.2, -0.15) is 4.31 Å². The minimum absolute atomic E-state index is 0.207. The molecular formula is C19H19Br2N3O6S. The first-order valence-electron chi connectivity index (χ1n) is 9.21. The zero-order chi connectivity index (χ0) is 22.6. The van der Waals surface area contributed by atoms with E-state index in [1.807, 2.05) is 0 Å². The lowest BCUT2D eigenvalue weighted by molar-refractivity contribution is -0.110. The second-order valence-electron chi connectivity index (χ2n) is 6.70. The predicted octanol–water partition coefficient (Wildman–Crippen LogP) is 4.28. The molecule has 1 heterocycles. The molecule has 9 nitrogen and oxygen atoms in total. The van der Waals surface area contributed by atoms with E-state index in [0.29, 0.717) is 39.7 Å². The third kappa shape index (κ3) is 5.56. The zero-order valence-corrected chi connectivity index (χ0v) is 20.1. The van der Waals surface area contributed by atoms with Crippen LogP contribution in [-0.4, -0.2) is 48.2 Å². The first-order chi connectivity index (χ1) is 14.7. The number of phenolic OH excluding ortho intramolecular Hbond substituents is 1. The van der Waals surface area contributed by atoms with E-state index in [0.717, 1.165) is 19.3 Å². The van der Waals surface area contributed by atoms with Crippen LogP contribution in [0.25, 0.3) is 0 Å². The van der Waals surface area contributed by atoms with Crippen LogP contribution in [0.3, 0.4) is 0 Å². The Kier molecular flexibility index (Phi) is 7.57. The highest BCUT2D eigenvalue weighted by Gasteiger charge is 2.29. The topological polar surface area (TPSA) is 129 Å². The van der Waals surface area contributed by atoms with Crippen molar-refractivity contribution >= 4 is 59.7 Å². The number of rotatable bonds is 6. The van der Waals surface area contributed by atoms with Crippen LogP contribution in [0.1, 0.15) is 19.3 Å². The molecule has 2 aromatic carbocycles. The molecule has 1 saturated heterocycles. The van der Waals surface area contributed by atoms with Gasteiger partial charge in [0.1, 0.15) is 22.6 Å². The Morgan fingerprint density at radius 1 is 1.13 bits per heavy atom. The number of carbonyl (C=O) groups excluding carboxylic acids is 1. The van der Waals surface area contributed by atoms with Gasteiger partial charge in [0.15, 0.2) is 5.75 Å².